The van der Waals surface area contributed by atoms with Gasteiger partial charge in [0.15, 0.2) is 0 Å². The Labute approximate surface area is 134 Å². The minimum atomic E-state index is -0.121. The third kappa shape index (κ3) is 4.62. The average molecular weight is 311 g/mol. The molecule has 0 spiro atoms. The fourth-order valence-corrected chi connectivity index (χ4v) is 3.14. The second-order valence-electron chi connectivity index (χ2n) is 7.06. The van der Waals surface area contributed by atoms with E-state index in [1.807, 2.05) is 0 Å². The molecule has 0 fully saturated rings. The molecule has 0 radical (unpaired) electrons. The molecule has 1 aromatic carbocycles. The van der Waals surface area contributed by atoms with E-state index >= 15 is 0 Å². The van der Waals surface area contributed by atoms with Gasteiger partial charge in [0.25, 0.3) is 0 Å². The Morgan fingerprint density at radius 2 is 1.62 bits per heavy atom. The topological polar surface area (TPSA) is 23.6 Å². The van der Waals surface area contributed by atoms with E-state index in [0.717, 1.165) is 37.3 Å². The molecule has 120 valence electrons. The van der Waals surface area contributed by atoms with E-state index in [9.17, 15) is 4.79 Å². The summed E-state index contributed by atoms with van der Waals surface area (Å²) >= 11 is 5.25. The highest BCUT2D eigenvalue weighted by Gasteiger charge is 2.29. The maximum absolute atomic E-state index is 12.0. The van der Waals surface area contributed by atoms with E-state index in [1.165, 1.54) is 12.8 Å². The summed E-state index contributed by atoms with van der Waals surface area (Å²) in [4.78, 5) is 16.5. The third-order valence-electron chi connectivity index (χ3n) is 3.91. The normalized spacial score (nSPS) is 12.3. The largest absolute Gasteiger partial charge is 0.373 e. The van der Waals surface area contributed by atoms with Crippen LogP contribution in [0.4, 0.5) is 5.69 Å². The first-order valence-electron chi connectivity index (χ1n) is 7.93. The Balaban J connectivity index is 2.54. The minimum absolute atomic E-state index is 0.0713. The molecule has 3 nitrogen and oxygen atoms in total. The molecule has 0 aromatic heterocycles. The van der Waals surface area contributed by atoms with Gasteiger partial charge in [0, 0.05) is 19.2 Å². The van der Waals surface area contributed by atoms with Crippen molar-refractivity contribution >= 4 is 17.9 Å². The molecule has 0 atom stereocenters. The molecule has 0 heterocycles. The zero-order chi connectivity index (χ0) is 16.2. The molecule has 0 aliphatic carbocycles. The zero-order valence-electron chi connectivity index (χ0n) is 14.5. The molecule has 0 aliphatic heterocycles. The Morgan fingerprint density at radius 3 is 2.14 bits per heavy atom. The number of rotatable bonds is 8. The molecule has 21 heavy (non-hydrogen) atoms. The molecule has 0 N–H and O–H groups in total. The van der Waals surface area contributed by atoms with Crippen LogP contribution in [0.25, 0.3) is 0 Å². The van der Waals surface area contributed by atoms with E-state index in [-0.39, 0.29) is 10.8 Å². The third-order valence-corrected chi connectivity index (χ3v) is 4.28. The number of hydrogen-bond donors (Lipinski definition) is 0. The van der Waals surface area contributed by atoms with Crippen molar-refractivity contribution in [2.75, 3.05) is 38.6 Å². The molecule has 0 unspecified atom stereocenters. The minimum Gasteiger partial charge on any atom is -0.373 e. The lowest BCUT2D eigenvalue weighted by Crippen LogP contribution is -2.35. The standard InChI is InChI=1S/C17H30N2OS/c1-7-10-18(5)11-8-9-12-19(6)14-13(17(2,3)4)15(20)16(14)21/h7-12H2,1-6H3. The first kappa shape index (κ1) is 18.3. The van der Waals surface area contributed by atoms with Crippen molar-refractivity contribution in [2.45, 2.75) is 52.4 Å². The molecule has 0 saturated heterocycles. The van der Waals surface area contributed by atoms with Crippen LogP contribution in [0, 0.1) is 4.51 Å². The number of anilines is 1. The molecular formula is C17H30N2OS. The highest BCUT2D eigenvalue weighted by Crippen LogP contribution is 2.32. The summed E-state index contributed by atoms with van der Waals surface area (Å²) in [5, 5.41) is 0. The smallest absolute Gasteiger partial charge is 0.204 e. The maximum Gasteiger partial charge on any atom is 0.204 e. The molecule has 1 aromatic rings. The highest BCUT2D eigenvalue weighted by atomic mass is 32.1. The van der Waals surface area contributed by atoms with Gasteiger partial charge in [-0.1, -0.05) is 39.9 Å². The summed E-state index contributed by atoms with van der Waals surface area (Å²) in [6.07, 6.45) is 3.51. The van der Waals surface area contributed by atoms with Crippen LogP contribution in [-0.2, 0) is 5.41 Å². The fourth-order valence-electron chi connectivity index (χ4n) is 2.78. The highest BCUT2D eigenvalue weighted by molar-refractivity contribution is 7.71. The molecule has 0 bridgehead atoms. The quantitative estimate of drug-likeness (QED) is 0.541. The summed E-state index contributed by atoms with van der Waals surface area (Å²) in [7, 11) is 4.22. The molecule has 0 aliphatic rings. The van der Waals surface area contributed by atoms with Crippen LogP contribution in [0.5, 0.6) is 0 Å². The van der Waals surface area contributed by atoms with Crippen LogP contribution in [0.2, 0.25) is 0 Å². The fraction of sp³-hybridized carbons (Fsp3) is 0.765. The number of unbranched alkanes of at least 4 members (excludes halogenated alkanes) is 1. The zero-order valence-corrected chi connectivity index (χ0v) is 15.3. The summed E-state index contributed by atoms with van der Waals surface area (Å²) in [5.41, 5.74) is 1.86. The van der Waals surface area contributed by atoms with Crippen molar-refractivity contribution in [1.82, 2.24) is 4.90 Å². The van der Waals surface area contributed by atoms with Crippen LogP contribution in [-0.4, -0.2) is 38.6 Å². The molecule has 4 heteroatoms. The van der Waals surface area contributed by atoms with Gasteiger partial charge in [0.2, 0.25) is 5.43 Å². The maximum atomic E-state index is 12.0. The predicted octanol–water partition coefficient (Wildman–Crippen LogP) is 3.51. The van der Waals surface area contributed by atoms with Gasteiger partial charge in [-0.15, -0.1) is 0 Å². The Morgan fingerprint density at radius 1 is 1.05 bits per heavy atom. The van der Waals surface area contributed by atoms with Crippen LogP contribution in [0.3, 0.4) is 0 Å². The Kier molecular flexibility index (Phi) is 6.54. The van der Waals surface area contributed by atoms with Crippen molar-refractivity contribution in [1.29, 1.82) is 0 Å². The van der Waals surface area contributed by atoms with Gasteiger partial charge in [-0.05, 0) is 44.8 Å². The van der Waals surface area contributed by atoms with Crippen LogP contribution in [0.15, 0.2) is 4.79 Å². The van der Waals surface area contributed by atoms with Gasteiger partial charge < -0.3 is 9.80 Å². The monoisotopic (exact) mass is 310 g/mol. The van der Waals surface area contributed by atoms with Gasteiger partial charge in [-0.3, -0.25) is 4.79 Å². The van der Waals surface area contributed by atoms with Gasteiger partial charge in [-0.25, -0.2) is 0 Å². The lowest BCUT2D eigenvalue weighted by atomic mass is 9.82. The van der Waals surface area contributed by atoms with Crippen LogP contribution < -0.4 is 10.3 Å². The van der Waals surface area contributed by atoms with Crippen molar-refractivity contribution in [2.24, 2.45) is 0 Å². The molecule has 0 saturated carbocycles. The van der Waals surface area contributed by atoms with E-state index in [4.69, 9.17) is 12.2 Å². The van der Waals surface area contributed by atoms with Crippen molar-refractivity contribution in [3.05, 3.63) is 20.3 Å². The summed E-state index contributed by atoms with van der Waals surface area (Å²) in [5.74, 6) is 0. The Hall–Kier alpha value is -0.740. The van der Waals surface area contributed by atoms with Crippen molar-refractivity contribution < 1.29 is 0 Å². The van der Waals surface area contributed by atoms with E-state index in [1.54, 1.807) is 0 Å². The first-order valence-corrected chi connectivity index (χ1v) is 8.34. The molecule has 0 amide bonds. The molecule has 1 rings (SSSR count). The van der Waals surface area contributed by atoms with Gasteiger partial charge >= 0.3 is 0 Å². The summed E-state index contributed by atoms with van der Waals surface area (Å²) < 4.78 is 0.519. The van der Waals surface area contributed by atoms with Crippen molar-refractivity contribution in [3.63, 3.8) is 0 Å². The summed E-state index contributed by atoms with van der Waals surface area (Å²) in [6, 6.07) is 0. The van der Waals surface area contributed by atoms with Crippen LogP contribution in [0.1, 0.15) is 52.5 Å². The van der Waals surface area contributed by atoms with Gasteiger partial charge in [0.1, 0.15) is 4.51 Å². The number of hydrogen-bond acceptors (Lipinski definition) is 4. The van der Waals surface area contributed by atoms with E-state index in [0.29, 0.717) is 4.51 Å². The lowest BCUT2D eigenvalue weighted by molar-refractivity contribution is 0.327. The summed E-state index contributed by atoms with van der Waals surface area (Å²) in [6.45, 7) is 11.7. The second kappa shape index (κ2) is 7.50. The van der Waals surface area contributed by atoms with Gasteiger partial charge in [-0.2, -0.15) is 0 Å². The van der Waals surface area contributed by atoms with Gasteiger partial charge in [0.05, 0.1) is 5.69 Å². The molecular weight excluding hydrogens is 280 g/mol. The van der Waals surface area contributed by atoms with Crippen LogP contribution >= 0.6 is 12.2 Å². The van der Waals surface area contributed by atoms with E-state index in [2.05, 4.69) is 51.6 Å². The second-order valence-corrected chi connectivity index (χ2v) is 7.47. The Bertz CT molecular complexity index is 523. The predicted molar refractivity (Wildman–Crippen MR) is 94.9 cm³/mol. The number of nitrogens with zero attached hydrogens (tertiary/aromatic N) is 2. The van der Waals surface area contributed by atoms with E-state index < -0.39 is 0 Å². The SMILES string of the molecule is CCCN(C)CCCCN(C)c1c(C(C)(C)C)c(=O)c1=S. The lowest BCUT2D eigenvalue weighted by Gasteiger charge is -2.30. The average Bonchev–Trinajstić information content (AvgIpc) is 2.38. The first-order chi connectivity index (χ1) is 9.70. The van der Waals surface area contributed by atoms with Crippen molar-refractivity contribution in [3.8, 4) is 0 Å².